The SMILES string of the molecule is COCCCOc1cc(CN(C(=O)[C@H]2CN(C(=O)O)C[C@](COCc3ccccc3)(C(C)(C)C)O2)C2CC2)ccc1OC. The van der Waals surface area contributed by atoms with E-state index in [4.69, 9.17) is 23.7 Å². The number of nitrogens with zero attached hydrogens (tertiary/aromatic N) is 2. The average molecular weight is 599 g/mol. The molecule has 10 heteroatoms. The van der Waals surface area contributed by atoms with E-state index in [1.807, 2.05) is 74.2 Å². The molecule has 1 aliphatic heterocycles. The molecule has 0 spiro atoms. The summed E-state index contributed by atoms with van der Waals surface area (Å²) in [6.45, 7) is 7.97. The first-order valence-electron chi connectivity index (χ1n) is 14.9. The molecule has 0 bridgehead atoms. The van der Waals surface area contributed by atoms with Gasteiger partial charge in [-0.1, -0.05) is 57.2 Å². The second kappa shape index (κ2) is 14.4. The van der Waals surface area contributed by atoms with Crippen LogP contribution in [0.3, 0.4) is 0 Å². The van der Waals surface area contributed by atoms with Gasteiger partial charge in [-0.3, -0.25) is 4.79 Å². The van der Waals surface area contributed by atoms with Crippen molar-refractivity contribution in [1.29, 1.82) is 0 Å². The first kappa shape index (κ1) is 32.6. The molecule has 0 unspecified atom stereocenters. The Bertz CT molecular complexity index is 1210. The summed E-state index contributed by atoms with van der Waals surface area (Å²) in [6.07, 6.45) is 0.472. The normalized spacial score (nSPS) is 20.5. The van der Waals surface area contributed by atoms with Crippen LogP contribution in [0.25, 0.3) is 0 Å². The zero-order chi connectivity index (χ0) is 31.0. The van der Waals surface area contributed by atoms with Crippen molar-refractivity contribution in [2.24, 2.45) is 5.41 Å². The zero-order valence-corrected chi connectivity index (χ0v) is 26.0. The first-order chi connectivity index (χ1) is 20.6. The topological polar surface area (TPSA) is 107 Å². The number of morpholine rings is 1. The minimum atomic E-state index is -1.08. The maximum atomic E-state index is 14.2. The Hall–Kier alpha value is -3.34. The van der Waals surface area contributed by atoms with Crippen LogP contribution in [0.15, 0.2) is 48.5 Å². The average Bonchev–Trinajstić information content (AvgIpc) is 3.83. The number of rotatable bonds is 14. The number of carboxylic acid groups (broad SMARTS) is 1. The van der Waals surface area contributed by atoms with E-state index in [9.17, 15) is 14.7 Å². The fourth-order valence-electron chi connectivity index (χ4n) is 5.28. The zero-order valence-electron chi connectivity index (χ0n) is 26.0. The van der Waals surface area contributed by atoms with E-state index in [0.717, 1.165) is 30.4 Å². The summed E-state index contributed by atoms with van der Waals surface area (Å²) in [5.41, 5.74) is 0.344. The number of methoxy groups -OCH3 is 2. The summed E-state index contributed by atoms with van der Waals surface area (Å²) in [6, 6.07) is 15.5. The van der Waals surface area contributed by atoms with Crippen LogP contribution in [-0.2, 0) is 32.2 Å². The van der Waals surface area contributed by atoms with Crippen molar-refractivity contribution < 1.29 is 38.4 Å². The van der Waals surface area contributed by atoms with Crippen molar-refractivity contribution in [3.05, 3.63) is 59.7 Å². The summed E-state index contributed by atoms with van der Waals surface area (Å²) in [7, 11) is 3.25. The van der Waals surface area contributed by atoms with E-state index >= 15 is 0 Å². The molecular weight excluding hydrogens is 552 g/mol. The quantitative estimate of drug-likeness (QED) is 0.304. The molecule has 1 saturated carbocycles. The van der Waals surface area contributed by atoms with Crippen LogP contribution in [0, 0.1) is 5.41 Å². The van der Waals surface area contributed by atoms with Crippen molar-refractivity contribution >= 4 is 12.0 Å². The number of hydrogen-bond acceptors (Lipinski definition) is 7. The standard InChI is InChI=1S/C33H46N2O8/c1-32(2,3)33(23-41-21-24-10-7-6-8-11-24)22-34(31(37)38)20-29(43-33)30(36)35(26-13-14-26)19-25-12-15-27(40-5)28(18-25)42-17-9-16-39-4/h6-8,10-12,15,18,26,29H,9,13-14,16-17,19-23H2,1-5H3,(H,37,38)/t29-,33+/m1/s1. The van der Waals surface area contributed by atoms with Crippen molar-refractivity contribution in [3.8, 4) is 11.5 Å². The number of benzene rings is 2. The molecule has 1 saturated heterocycles. The van der Waals surface area contributed by atoms with Crippen LogP contribution in [0.1, 0.15) is 51.2 Å². The lowest BCUT2D eigenvalue weighted by Gasteiger charge is -2.52. The van der Waals surface area contributed by atoms with Crippen LogP contribution in [0.4, 0.5) is 4.79 Å². The van der Waals surface area contributed by atoms with Gasteiger partial charge in [0.15, 0.2) is 17.6 Å². The molecule has 2 aliphatic rings. The summed E-state index contributed by atoms with van der Waals surface area (Å²) >= 11 is 0. The van der Waals surface area contributed by atoms with Gasteiger partial charge in [-0.2, -0.15) is 0 Å². The molecule has 2 aromatic rings. The maximum absolute atomic E-state index is 14.2. The van der Waals surface area contributed by atoms with Gasteiger partial charge in [0.2, 0.25) is 0 Å². The van der Waals surface area contributed by atoms with Gasteiger partial charge in [-0.15, -0.1) is 0 Å². The highest BCUT2D eigenvalue weighted by Crippen LogP contribution is 2.40. The van der Waals surface area contributed by atoms with Crippen LogP contribution < -0.4 is 9.47 Å². The molecule has 1 heterocycles. The van der Waals surface area contributed by atoms with Crippen LogP contribution in [0.5, 0.6) is 11.5 Å². The molecule has 2 aromatic carbocycles. The molecule has 10 nitrogen and oxygen atoms in total. The number of hydrogen-bond donors (Lipinski definition) is 1. The van der Waals surface area contributed by atoms with E-state index < -0.39 is 23.2 Å². The monoisotopic (exact) mass is 598 g/mol. The maximum Gasteiger partial charge on any atom is 0.407 e. The first-order valence-corrected chi connectivity index (χ1v) is 14.9. The Morgan fingerprint density at radius 3 is 2.42 bits per heavy atom. The van der Waals surface area contributed by atoms with Gasteiger partial charge in [0, 0.05) is 32.7 Å². The summed E-state index contributed by atoms with van der Waals surface area (Å²) < 4.78 is 29.4. The highest BCUT2D eigenvalue weighted by molar-refractivity contribution is 5.83. The van der Waals surface area contributed by atoms with Gasteiger partial charge in [0.1, 0.15) is 5.60 Å². The van der Waals surface area contributed by atoms with Crippen molar-refractivity contribution in [3.63, 3.8) is 0 Å². The lowest BCUT2D eigenvalue weighted by atomic mass is 9.75. The minimum Gasteiger partial charge on any atom is -0.493 e. The van der Waals surface area contributed by atoms with E-state index in [0.29, 0.717) is 37.9 Å². The highest BCUT2D eigenvalue weighted by atomic mass is 16.6. The molecule has 2 atom stereocenters. The van der Waals surface area contributed by atoms with Gasteiger partial charge >= 0.3 is 6.09 Å². The molecule has 1 aliphatic carbocycles. The summed E-state index contributed by atoms with van der Waals surface area (Å²) in [4.78, 5) is 29.6. The van der Waals surface area contributed by atoms with Gasteiger partial charge in [0.05, 0.1) is 40.0 Å². The fraction of sp³-hybridized carbons (Fsp3) is 0.576. The van der Waals surface area contributed by atoms with Gasteiger partial charge < -0.3 is 38.6 Å². The largest absolute Gasteiger partial charge is 0.493 e. The van der Waals surface area contributed by atoms with E-state index in [-0.39, 0.29) is 31.6 Å². The lowest BCUT2D eigenvalue weighted by Crippen LogP contribution is -2.66. The Balaban J connectivity index is 1.54. The summed E-state index contributed by atoms with van der Waals surface area (Å²) in [5, 5.41) is 10.1. The van der Waals surface area contributed by atoms with Crippen LogP contribution in [0.2, 0.25) is 0 Å². The molecule has 236 valence electrons. The molecule has 0 radical (unpaired) electrons. The number of amides is 2. The Labute approximate surface area is 254 Å². The minimum absolute atomic E-state index is 0.0373. The van der Waals surface area contributed by atoms with Crippen molar-refractivity contribution in [2.45, 2.75) is 70.9 Å². The highest BCUT2D eigenvalue weighted by Gasteiger charge is 2.53. The summed E-state index contributed by atoms with van der Waals surface area (Å²) in [5.74, 6) is 1.000. The van der Waals surface area contributed by atoms with Gasteiger partial charge in [-0.05, 0) is 41.5 Å². The second-order valence-corrected chi connectivity index (χ2v) is 12.4. The second-order valence-electron chi connectivity index (χ2n) is 12.4. The van der Waals surface area contributed by atoms with Crippen molar-refractivity contribution in [2.75, 3.05) is 47.1 Å². The lowest BCUT2D eigenvalue weighted by molar-refractivity contribution is -0.224. The predicted octanol–water partition coefficient (Wildman–Crippen LogP) is 4.98. The third-order valence-corrected chi connectivity index (χ3v) is 8.16. The van der Waals surface area contributed by atoms with Gasteiger partial charge in [0.25, 0.3) is 5.91 Å². The van der Waals surface area contributed by atoms with Crippen LogP contribution in [-0.4, -0.2) is 91.8 Å². The number of carbonyl (C=O) groups is 2. The molecule has 4 rings (SSSR count). The predicted molar refractivity (Wildman–Crippen MR) is 161 cm³/mol. The molecular formula is C33H46N2O8. The van der Waals surface area contributed by atoms with Crippen LogP contribution >= 0.6 is 0 Å². The Morgan fingerprint density at radius 2 is 1.79 bits per heavy atom. The van der Waals surface area contributed by atoms with E-state index in [1.54, 1.807) is 14.2 Å². The third-order valence-electron chi connectivity index (χ3n) is 8.16. The fourth-order valence-corrected chi connectivity index (χ4v) is 5.28. The molecule has 2 amide bonds. The van der Waals surface area contributed by atoms with Crippen molar-refractivity contribution in [1.82, 2.24) is 9.80 Å². The molecule has 2 fully saturated rings. The molecule has 0 aromatic heterocycles. The molecule has 43 heavy (non-hydrogen) atoms. The smallest absolute Gasteiger partial charge is 0.407 e. The van der Waals surface area contributed by atoms with E-state index in [1.165, 1.54) is 4.90 Å². The number of carbonyl (C=O) groups excluding carboxylic acids is 1. The Morgan fingerprint density at radius 1 is 1.05 bits per heavy atom. The number of ether oxygens (including phenoxy) is 5. The Kier molecular flexibility index (Phi) is 10.9. The van der Waals surface area contributed by atoms with Gasteiger partial charge in [-0.25, -0.2) is 4.79 Å². The molecule has 1 N–H and O–H groups in total. The third kappa shape index (κ3) is 8.40. The van der Waals surface area contributed by atoms with E-state index in [2.05, 4.69) is 0 Å².